The van der Waals surface area contributed by atoms with Gasteiger partial charge in [0, 0.05) is 12.0 Å². The predicted octanol–water partition coefficient (Wildman–Crippen LogP) is 3.07. The lowest BCUT2D eigenvalue weighted by Gasteiger charge is -2.20. The molecule has 1 N–H and O–H groups in total. The van der Waals surface area contributed by atoms with Crippen molar-refractivity contribution in [3.05, 3.63) is 52.2 Å². The number of benzene rings is 1. The number of amidine groups is 2. The smallest absolute Gasteiger partial charge is 0.242 e. The second kappa shape index (κ2) is 7.39. The first kappa shape index (κ1) is 18.7. The summed E-state index contributed by atoms with van der Waals surface area (Å²) in [5.74, 6) is 1.59. The van der Waals surface area contributed by atoms with Crippen LogP contribution in [0.1, 0.15) is 51.5 Å². The average Bonchev–Trinajstić information content (AvgIpc) is 3.15. The molecular weight excluding hydrogens is 354 g/mol. The zero-order valence-corrected chi connectivity index (χ0v) is 16.5. The third-order valence-corrected chi connectivity index (χ3v) is 5.68. The van der Waals surface area contributed by atoms with Crippen LogP contribution in [0.5, 0.6) is 0 Å². The number of aliphatic imine (C=N–C) groups is 2. The van der Waals surface area contributed by atoms with Gasteiger partial charge in [-0.3, -0.25) is 0 Å². The predicted molar refractivity (Wildman–Crippen MR) is 107 cm³/mol. The van der Waals surface area contributed by atoms with Crippen molar-refractivity contribution in [1.82, 2.24) is 5.32 Å². The number of unbranched alkanes of at least 4 members (excludes halogenated alkanes) is 2. The van der Waals surface area contributed by atoms with Crippen molar-refractivity contribution in [2.24, 2.45) is 9.98 Å². The van der Waals surface area contributed by atoms with Gasteiger partial charge in [0.05, 0.1) is 6.54 Å². The van der Waals surface area contributed by atoms with Crippen LogP contribution in [0.25, 0.3) is 0 Å². The first-order valence-corrected chi connectivity index (χ1v) is 10.2. The zero-order chi connectivity index (χ0) is 19.7. The Hall–Kier alpha value is -2.67. The fourth-order valence-electron chi connectivity index (χ4n) is 4.14. The van der Waals surface area contributed by atoms with Crippen LogP contribution in [0.2, 0.25) is 0 Å². The molecule has 0 bridgehead atoms. The van der Waals surface area contributed by atoms with Gasteiger partial charge in [0.15, 0.2) is 16.5 Å². The standard InChI is InChI=1S/C21H27N5O2/c1-3-5-12-17-21(27)26(13-6-4-2)20(23-17)16-14-22-18(24-19(16)25(26)28)15-10-8-7-9-11-15/h7-11,17H,3-6,12-14H2,1-2H3,(H,22,24)/q+2. The Kier molecular flexibility index (Phi) is 4.93. The van der Waals surface area contributed by atoms with Crippen molar-refractivity contribution in [1.29, 1.82) is 0 Å². The van der Waals surface area contributed by atoms with Crippen LogP contribution in [-0.4, -0.2) is 46.2 Å². The fourth-order valence-corrected chi connectivity index (χ4v) is 4.14. The van der Waals surface area contributed by atoms with Crippen LogP contribution >= 0.6 is 0 Å². The van der Waals surface area contributed by atoms with Crippen LogP contribution in [-0.2, 0) is 4.79 Å². The first-order chi connectivity index (χ1) is 13.6. The average molecular weight is 381 g/mol. The van der Waals surface area contributed by atoms with Crippen molar-refractivity contribution >= 4 is 17.6 Å². The normalized spacial score (nSPS) is 26.0. The number of quaternary nitrogens is 1. The molecule has 3 aliphatic heterocycles. The van der Waals surface area contributed by atoms with E-state index in [-0.39, 0.29) is 10.5 Å². The molecule has 3 aliphatic rings. The molecule has 4 rings (SSSR count). The fraction of sp³-hybridized carbons (Fsp3) is 0.476. The molecule has 7 heteroatoms. The highest BCUT2D eigenvalue weighted by molar-refractivity contribution is 6.08. The maximum Gasteiger partial charge on any atom is 0.394 e. The van der Waals surface area contributed by atoms with E-state index in [1.807, 2.05) is 30.3 Å². The minimum absolute atomic E-state index is 0.0932. The third-order valence-electron chi connectivity index (χ3n) is 5.68. The second-order valence-corrected chi connectivity index (χ2v) is 7.55. The largest absolute Gasteiger partial charge is 0.394 e. The number of nitroso groups, excluding NO2 is 1. The van der Waals surface area contributed by atoms with Crippen molar-refractivity contribution in [3.8, 4) is 0 Å². The molecule has 0 saturated carbocycles. The molecular formula is C21H27N5O2+2. The SMILES string of the molecule is CCCCC1N=C2C3=C(NC(c4ccccc4)=NC3)[N+](=O)[N+]2(CCCC)C1=O. The van der Waals surface area contributed by atoms with Crippen molar-refractivity contribution < 1.29 is 14.3 Å². The van der Waals surface area contributed by atoms with Crippen LogP contribution < -0.4 is 5.32 Å². The molecule has 1 amide bonds. The highest BCUT2D eigenvalue weighted by atomic mass is 16.4. The van der Waals surface area contributed by atoms with Crippen LogP contribution in [0.15, 0.2) is 51.7 Å². The Morgan fingerprint density at radius 1 is 1.18 bits per heavy atom. The number of amides is 1. The molecule has 1 aromatic carbocycles. The third kappa shape index (κ3) is 2.73. The minimum Gasteiger partial charge on any atom is -0.242 e. The van der Waals surface area contributed by atoms with E-state index in [0.29, 0.717) is 37.0 Å². The van der Waals surface area contributed by atoms with E-state index in [4.69, 9.17) is 4.99 Å². The van der Waals surface area contributed by atoms with Gasteiger partial charge in [-0.15, -0.1) is 0 Å². The maximum atomic E-state index is 13.5. The Morgan fingerprint density at radius 3 is 2.64 bits per heavy atom. The van der Waals surface area contributed by atoms with Gasteiger partial charge in [0.2, 0.25) is 5.84 Å². The molecule has 28 heavy (non-hydrogen) atoms. The number of carbonyl (C=O) groups is 1. The molecule has 2 atom stereocenters. The molecule has 7 nitrogen and oxygen atoms in total. The minimum atomic E-state index is -0.420. The lowest BCUT2D eigenvalue weighted by molar-refractivity contribution is -1.22. The van der Waals surface area contributed by atoms with Gasteiger partial charge in [-0.1, -0.05) is 51.3 Å². The highest BCUT2D eigenvalue weighted by Crippen LogP contribution is 2.37. The lowest BCUT2D eigenvalue weighted by atomic mass is 10.1. The Balaban J connectivity index is 1.69. The number of carbonyl (C=O) groups excluding carboxylic acids is 1. The van der Waals surface area contributed by atoms with Crippen molar-refractivity contribution in [2.75, 3.05) is 13.1 Å². The summed E-state index contributed by atoms with van der Waals surface area (Å²) in [6.07, 6.45) is 4.34. The van der Waals surface area contributed by atoms with Gasteiger partial charge in [0.25, 0.3) is 5.84 Å². The monoisotopic (exact) mass is 381 g/mol. The molecule has 146 valence electrons. The number of nitrogens with one attached hydrogen (secondary N) is 1. The van der Waals surface area contributed by atoms with Gasteiger partial charge in [-0.05, 0) is 28.1 Å². The van der Waals surface area contributed by atoms with Crippen LogP contribution in [0.3, 0.4) is 0 Å². The molecule has 0 fully saturated rings. The summed E-state index contributed by atoms with van der Waals surface area (Å²) in [5, 5.41) is 3.18. The first-order valence-electron chi connectivity index (χ1n) is 10.2. The van der Waals surface area contributed by atoms with Gasteiger partial charge in [-0.25, -0.2) is 20.1 Å². The molecule has 0 aromatic heterocycles. The van der Waals surface area contributed by atoms with E-state index in [1.165, 1.54) is 0 Å². The van der Waals surface area contributed by atoms with Crippen molar-refractivity contribution in [3.63, 3.8) is 0 Å². The van der Waals surface area contributed by atoms with Gasteiger partial charge < -0.3 is 0 Å². The topological polar surface area (TPSA) is 73.9 Å². The Bertz CT molecular complexity index is 903. The van der Waals surface area contributed by atoms with Crippen LogP contribution in [0.4, 0.5) is 0 Å². The molecule has 0 saturated heterocycles. The summed E-state index contributed by atoms with van der Waals surface area (Å²) in [4.78, 5) is 37.1. The molecule has 3 heterocycles. The number of fused-ring (bicyclic) bond motifs is 2. The molecule has 1 aromatic rings. The molecule has 0 radical (unpaired) electrons. The number of hydrogen-bond donors (Lipinski definition) is 1. The van der Waals surface area contributed by atoms with Crippen molar-refractivity contribution in [2.45, 2.75) is 52.0 Å². The van der Waals surface area contributed by atoms with E-state index in [9.17, 15) is 9.70 Å². The van der Waals surface area contributed by atoms with Gasteiger partial charge in [0.1, 0.15) is 6.54 Å². The van der Waals surface area contributed by atoms with Gasteiger partial charge in [-0.2, -0.15) is 0 Å². The van der Waals surface area contributed by atoms with E-state index in [0.717, 1.165) is 41.7 Å². The number of nitrogens with zero attached hydrogens (tertiary/aromatic N) is 4. The number of hydrogen-bond acceptors (Lipinski definition) is 5. The lowest BCUT2D eigenvalue weighted by Crippen LogP contribution is -2.58. The quantitative estimate of drug-likeness (QED) is 0.583. The maximum absolute atomic E-state index is 13.5. The summed E-state index contributed by atoms with van der Waals surface area (Å²) in [5.41, 5.74) is 1.68. The zero-order valence-electron chi connectivity index (χ0n) is 16.5. The Labute approximate surface area is 165 Å². The van der Waals surface area contributed by atoms with E-state index in [2.05, 4.69) is 24.2 Å². The summed E-state index contributed by atoms with van der Waals surface area (Å²) in [7, 11) is 0. The summed E-state index contributed by atoms with van der Waals surface area (Å²) in [6.45, 7) is 4.98. The summed E-state index contributed by atoms with van der Waals surface area (Å²) < 4.78 is -0.322. The highest BCUT2D eigenvalue weighted by Gasteiger charge is 2.69. The molecule has 2 unspecified atom stereocenters. The molecule has 0 spiro atoms. The summed E-state index contributed by atoms with van der Waals surface area (Å²) in [6, 6.07) is 9.30. The summed E-state index contributed by atoms with van der Waals surface area (Å²) >= 11 is 0. The van der Waals surface area contributed by atoms with Gasteiger partial charge >= 0.3 is 11.7 Å². The Morgan fingerprint density at radius 2 is 1.93 bits per heavy atom. The van der Waals surface area contributed by atoms with E-state index in [1.54, 1.807) is 0 Å². The molecule has 0 aliphatic carbocycles. The van der Waals surface area contributed by atoms with E-state index < -0.39 is 6.04 Å². The number of rotatable bonds is 7. The van der Waals surface area contributed by atoms with Crippen LogP contribution in [0, 0.1) is 4.91 Å². The van der Waals surface area contributed by atoms with E-state index >= 15 is 0 Å². The second-order valence-electron chi connectivity index (χ2n) is 7.55.